The number of thioether (sulfide) groups is 2. The van der Waals surface area contributed by atoms with Gasteiger partial charge in [0.2, 0.25) is 0 Å². The van der Waals surface area contributed by atoms with Crippen LogP contribution in [0.4, 0.5) is 5.69 Å². The summed E-state index contributed by atoms with van der Waals surface area (Å²) in [6, 6.07) is 10.6. The number of hydrogen-bond donors (Lipinski definition) is 1. The third kappa shape index (κ3) is 4.27. The highest BCUT2D eigenvalue weighted by Gasteiger charge is 2.23. The summed E-state index contributed by atoms with van der Waals surface area (Å²) >= 11 is 7.06. The van der Waals surface area contributed by atoms with Crippen LogP contribution in [0.2, 0.25) is 0 Å². The van der Waals surface area contributed by atoms with Gasteiger partial charge in [-0.05, 0) is 39.7 Å². The number of anilines is 1. The maximum Gasteiger partial charge on any atom is 0.263 e. The van der Waals surface area contributed by atoms with E-state index in [4.69, 9.17) is 9.47 Å². The van der Waals surface area contributed by atoms with Gasteiger partial charge in [-0.15, -0.1) is 23.5 Å². The minimum Gasteiger partial charge on any atom is -0.493 e. The maximum absolute atomic E-state index is 12.9. The lowest BCUT2D eigenvalue weighted by molar-refractivity contribution is 0.353. The van der Waals surface area contributed by atoms with Crippen molar-refractivity contribution in [2.45, 2.75) is 9.48 Å². The van der Waals surface area contributed by atoms with Crippen LogP contribution in [0.15, 0.2) is 45.8 Å². The Morgan fingerprint density at radius 3 is 2.38 bits per heavy atom. The van der Waals surface area contributed by atoms with Gasteiger partial charge in [-0.3, -0.25) is 4.72 Å². The van der Waals surface area contributed by atoms with Crippen molar-refractivity contribution in [3.8, 4) is 11.5 Å². The molecule has 1 aliphatic heterocycles. The number of ether oxygens (including phenoxy) is 2. The fourth-order valence-electron chi connectivity index (χ4n) is 2.55. The number of sulfonamides is 1. The van der Waals surface area contributed by atoms with Crippen molar-refractivity contribution in [2.75, 3.05) is 30.4 Å². The molecular formula is C17H18BrNO4S3. The Morgan fingerprint density at radius 2 is 1.73 bits per heavy atom. The first kappa shape index (κ1) is 19.7. The van der Waals surface area contributed by atoms with E-state index < -0.39 is 10.0 Å². The number of methoxy groups -OCH3 is 2. The van der Waals surface area contributed by atoms with E-state index in [0.717, 1.165) is 17.1 Å². The van der Waals surface area contributed by atoms with Crippen molar-refractivity contribution >= 4 is 55.2 Å². The summed E-state index contributed by atoms with van der Waals surface area (Å²) in [6.45, 7) is 0. The summed E-state index contributed by atoms with van der Waals surface area (Å²) in [5.74, 6) is 3.03. The van der Waals surface area contributed by atoms with Gasteiger partial charge in [0, 0.05) is 27.7 Å². The molecule has 0 unspecified atom stereocenters. The molecule has 9 heteroatoms. The van der Waals surface area contributed by atoms with Gasteiger partial charge in [0.05, 0.1) is 18.8 Å². The lowest BCUT2D eigenvalue weighted by Crippen LogP contribution is -2.14. The molecule has 3 rings (SSSR count). The molecule has 0 radical (unpaired) electrons. The summed E-state index contributed by atoms with van der Waals surface area (Å²) in [7, 11) is -0.818. The number of hydrogen-bond acceptors (Lipinski definition) is 6. The van der Waals surface area contributed by atoms with Gasteiger partial charge in [-0.25, -0.2) is 8.42 Å². The minimum atomic E-state index is -3.79. The second kappa shape index (κ2) is 8.33. The molecule has 0 aromatic heterocycles. The van der Waals surface area contributed by atoms with E-state index in [1.165, 1.54) is 20.3 Å². The molecule has 1 aliphatic rings. The zero-order valence-electron chi connectivity index (χ0n) is 14.2. The van der Waals surface area contributed by atoms with Crippen LogP contribution in [0.25, 0.3) is 0 Å². The first-order chi connectivity index (χ1) is 12.4. The number of nitrogens with one attached hydrogen (secondary N) is 1. The summed E-state index contributed by atoms with van der Waals surface area (Å²) in [6.07, 6.45) is 0. The van der Waals surface area contributed by atoms with Gasteiger partial charge in [-0.1, -0.05) is 12.1 Å². The fraction of sp³-hybridized carbons (Fsp3) is 0.294. The second-order valence-corrected chi connectivity index (χ2v) is 10.7. The molecule has 140 valence electrons. The van der Waals surface area contributed by atoms with Crippen LogP contribution in [0.1, 0.15) is 10.1 Å². The molecule has 1 saturated heterocycles. The molecule has 0 atom stereocenters. The van der Waals surface area contributed by atoms with Crippen molar-refractivity contribution in [1.29, 1.82) is 0 Å². The molecule has 0 aliphatic carbocycles. The average molecular weight is 476 g/mol. The van der Waals surface area contributed by atoms with Crippen molar-refractivity contribution in [2.24, 2.45) is 0 Å². The van der Waals surface area contributed by atoms with Crippen LogP contribution in [-0.2, 0) is 10.0 Å². The zero-order valence-corrected chi connectivity index (χ0v) is 18.2. The minimum absolute atomic E-state index is 0.0881. The topological polar surface area (TPSA) is 64.6 Å². The lowest BCUT2D eigenvalue weighted by atomic mass is 10.2. The Labute approximate surface area is 170 Å². The van der Waals surface area contributed by atoms with Crippen molar-refractivity contribution < 1.29 is 17.9 Å². The monoisotopic (exact) mass is 475 g/mol. The molecule has 0 saturated carbocycles. The highest BCUT2D eigenvalue weighted by molar-refractivity contribution is 9.10. The highest BCUT2D eigenvalue weighted by atomic mass is 79.9. The maximum atomic E-state index is 12.9. The number of rotatable bonds is 6. The van der Waals surface area contributed by atoms with Gasteiger partial charge in [0.25, 0.3) is 10.0 Å². The highest BCUT2D eigenvalue weighted by Crippen LogP contribution is 2.45. The first-order valence-corrected chi connectivity index (χ1v) is 12.1. The predicted molar refractivity (Wildman–Crippen MR) is 112 cm³/mol. The van der Waals surface area contributed by atoms with Crippen LogP contribution in [-0.4, -0.2) is 34.1 Å². The Balaban J connectivity index is 1.91. The molecule has 2 aromatic rings. The third-order valence-corrected chi connectivity index (χ3v) is 9.20. The van der Waals surface area contributed by atoms with Crippen molar-refractivity contribution in [1.82, 2.24) is 0 Å². The van der Waals surface area contributed by atoms with Crippen LogP contribution < -0.4 is 14.2 Å². The summed E-state index contributed by atoms with van der Waals surface area (Å²) in [5, 5.41) is 0. The molecule has 1 fully saturated rings. The first-order valence-electron chi connectivity index (χ1n) is 7.72. The predicted octanol–water partition coefficient (Wildman–Crippen LogP) is 4.75. The van der Waals surface area contributed by atoms with Crippen LogP contribution >= 0.6 is 39.5 Å². The number of benzene rings is 2. The van der Waals surface area contributed by atoms with E-state index >= 15 is 0 Å². The Kier molecular flexibility index (Phi) is 6.32. The van der Waals surface area contributed by atoms with E-state index in [0.29, 0.717) is 26.2 Å². The molecule has 0 bridgehead atoms. The van der Waals surface area contributed by atoms with E-state index in [1.54, 1.807) is 12.1 Å². The summed E-state index contributed by atoms with van der Waals surface area (Å²) < 4.78 is 39.6. The second-order valence-electron chi connectivity index (χ2n) is 5.44. The van der Waals surface area contributed by atoms with Crippen LogP contribution in [0.5, 0.6) is 11.5 Å². The molecule has 1 heterocycles. The normalized spacial score (nSPS) is 15.0. The molecule has 0 amide bonds. The largest absolute Gasteiger partial charge is 0.493 e. The van der Waals surface area contributed by atoms with E-state index in [9.17, 15) is 8.42 Å². The molecule has 26 heavy (non-hydrogen) atoms. The average Bonchev–Trinajstić information content (AvgIpc) is 3.15. The Bertz CT molecular complexity index is 899. The van der Waals surface area contributed by atoms with Gasteiger partial charge in [-0.2, -0.15) is 0 Å². The smallest absolute Gasteiger partial charge is 0.263 e. The van der Waals surface area contributed by atoms with Gasteiger partial charge < -0.3 is 9.47 Å². The molecule has 0 spiro atoms. The van der Waals surface area contributed by atoms with Crippen molar-refractivity contribution in [3.05, 3.63) is 46.4 Å². The van der Waals surface area contributed by atoms with E-state index in [-0.39, 0.29) is 4.90 Å². The van der Waals surface area contributed by atoms with Gasteiger partial charge in [0.15, 0.2) is 11.5 Å². The quantitative estimate of drug-likeness (QED) is 0.650. The molecule has 1 N–H and O–H groups in total. The standard InChI is InChI=1S/C17H18BrNO4S3/c1-22-14-9-13(18)16(10-15(14)23-2)26(20,21)19-12-5-3-4-11(8-12)17-24-6-7-25-17/h3-5,8-10,17,19H,6-7H2,1-2H3. The molecule has 5 nitrogen and oxygen atoms in total. The fourth-order valence-corrected chi connectivity index (χ4v) is 7.48. The summed E-state index contributed by atoms with van der Waals surface area (Å²) in [4.78, 5) is 0.0881. The van der Waals surface area contributed by atoms with E-state index in [1.807, 2.05) is 41.7 Å². The molecule has 2 aromatic carbocycles. The van der Waals surface area contributed by atoms with Crippen LogP contribution in [0, 0.1) is 0 Å². The van der Waals surface area contributed by atoms with E-state index in [2.05, 4.69) is 20.7 Å². The number of halogens is 1. The Morgan fingerprint density at radius 1 is 1.08 bits per heavy atom. The van der Waals surface area contributed by atoms with Crippen LogP contribution in [0.3, 0.4) is 0 Å². The summed E-state index contributed by atoms with van der Waals surface area (Å²) in [5.41, 5.74) is 1.65. The lowest BCUT2D eigenvalue weighted by Gasteiger charge is -2.15. The van der Waals surface area contributed by atoms with Gasteiger partial charge in [0.1, 0.15) is 4.90 Å². The van der Waals surface area contributed by atoms with Crippen molar-refractivity contribution in [3.63, 3.8) is 0 Å². The Hall–Kier alpha value is -1.03. The van der Waals surface area contributed by atoms with Gasteiger partial charge >= 0.3 is 0 Å². The molecular weight excluding hydrogens is 458 g/mol. The third-order valence-electron chi connectivity index (χ3n) is 3.76. The zero-order chi connectivity index (χ0) is 18.7. The SMILES string of the molecule is COc1cc(Br)c(S(=O)(=O)Nc2cccc(C3SCCS3)c2)cc1OC.